The number of para-hydroxylation sites is 3. The first-order chi connectivity index (χ1) is 29.1. The molecule has 0 radical (unpaired) electrons. The van der Waals surface area contributed by atoms with Crippen LogP contribution in [0.1, 0.15) is 18.1 Å². The number of allylic oxidation sites excluding steroid dienone is 2. The van der Waals surface area contributed by atoms with E-state index in [0.29, 0.717) is 0 Å². The summed E-state index contributed by atoms with van der Waals surface area (Å²) in [6.07, 6.45) is 6.13. The van der Waals surface area contributed by atoms with Gasteiger partial charge in [-0.15, -0.1) is 0 Å². The molecule has 0 N–H and O–H groups in total. The molecule has 0 atom stereocenters. The standard InChI is InChI=1S/C55H39N3O/c1-3-4-27-52-53(47-34-38(29-31-51(47)59-52)37-28-30-50-45(33-37)43-23-13-16-26-49(43)58(50)41-20-9-6-10-21-41)55-56-54(44-24-14-15-25-48(44)57(55)2)46-35-40(36-17-7-5-8-18-36)32-39-19-11-12-22-42(39)46/h3-35H,1-2H3/b4-3-,52-27+,55-53-. The fourth-order valence-electron chi connectivity index (χ4n) is 8.89. The Morgan fingerprint density at radius 1 is 0.525 bits per heavy atom. The molecule has 11 rings (SSSR count). The number of benzene rings is 8. The van der Waals surface area contributed by atoms with Gasteiger partial charge in [0.2, 0.25) is 0 Å². The average Bonchev–Trinajstić information content (AvgIpc) is 3.83. The molecule has 0 fully saturated rings. The van der Waals surface area contributed by atoms with Crippen LogP contribution in [-0.2, 0) is 0 Å². The van der Waals surface area contributed by atoms with Crippen LogP contribution in [0.5, 0.6) is 0 Å². The van der Waals surface area contributed by atoms with Crippen molar-refractivity contribution in [3.05, 3.63) is 216 Å². The van der Waals surface area contributed by atoms with Gasteiger partial charge in [0.05, 0.1) is 27.7 Å². The van der Waals surface area contributed by atoms with Gasteiger partial charge < -0.3 is 13.9 Å². The minimum absolute atomic E-state index is 0.767. The van der Waals surface area contributed by atoms with Crippen LogP contribution >= 0.6 is 0 Å². The fourth-order valence-corrected chi connectivity index (χ4v) is 8.89. The predicted molar refractivity (Wildman–Crippen MR) is 248 cm³/mol. The number of rotatable bonds is 5. The Balaban J connectivity index is 1.17. The first-order valence-corrected chi connectivity index (χ1v) is 20.1. The number of nitrogens with zero attached hydrogens (tertiary/aromatic N) is 3. The van der Waals surface area contributed by atoms with Gasteiger partial charge in [0.1, 0.15) is 16.8 Å². The number of hydrogen-bond donors (Lipinski definition) is 0. The van der Waals surface area contributed by atoms with E-state index in [1.807, 2.05) is 19.1 Å². The molecular formula is C55H39N3O. The third kappa shape index (κ3) is 5.72. The number of fused-ring (bicyclic) bond motifs is 6. The number of aromatic nitrogens is 1. The summed E-state index contributed by atoms with van der Waals surface area (Å²) in [4.78, 5) is 7.90. The van der Waals surface area contributed by atoms with E-state index in [9.17, 15) is 0 Å². The second-order valence-corrected chi connectivity index (χ2v) is 15.1. The molecule has 10 aromatic rings. The molecule has 0 saturated carbocycles. The van der Waals surface area contributed by atoms with Crippen LogP contribution in [0.4, 0.5) is 5.69 Å². The molecule has 3 heterocycles. The summed E-state index contributed by atoms with van der Waals surface area (Å²) in [5, 5.41) is 6.75. The molecule has 0 unspecified atom stereocenters. The fraction of sp³-hybridized carbons (Fsp3) is 0.0364. The summed E-state index contributed by atoms with van der Waals surface area (Å²) in [5.41, 5.74) is 13.9. The monoisotopic (exact) mass is 757 g/mol. The third-order valence-electron chi connectivity index (χ3n) is 11.7. The van der Waals surface area contributed by atoms with Gasteiger partial charge in [-0.05, 0) is 107 Å². The highest BCUT2D eigenvalue weighted by atomic mass is 16.3. The highest BCUT2D eigenvalue weighted by Gasteiger charge is 2.26. The maximum atomic E-state index is 6.72. The minimum atomic E-state index is 0.767. The van der Waals surface area contributed by atoms with Gasteiger partial charge in [-0.2, -0.15) is 0 Å². The summed E-state index contributed by atoms with van der Waals surface area (Å²) in [7, 11) is 2.12. The van der Waals surface area contributed by atoms with E-state index in [-0.39, 0.29) is 0 Å². The van der Waals surface area contributed by atoms with E-state index >= 15 is 0 Å². The van der Waals surface area contributed by atoms with Crippen molar-refractivity contribution in [3.63, 3.8) is 0 Å². The number of furan rings is 1. The van der Waals surface area contributed by atoms with Crippen molar-refractivity contribution in [3.8, 4) is 27.9 Å². The number of hydrogen-bond acceptors (Lipinski definition) is 3. The van der Waals surface area contributed by atoms with Crippen molar-refractivity contribution < 1.29 is 4.42 Å². The highest BCUT2D eigenvalue weighted by molar-refractivity contribution is 6.25. The second-order valence-electron chi connectivity index (χ2n) is 15.1. The van der Waals surface area contributed by atoms with Crippen molar-refractivity contribution in [2.45, 2.75) is 6.92 Å². The predicted octanol–water partition coefficient (Wildman–Crippen LogP) is 12.4. The van der Waals surface area contributed by atoms with Crippen LogP contribution in [-0.4, -0.2) is 17.3 Å². The van der Waals surface area contributed by atoms with Crippen molar-refractivity contribution in [1.82, 2.24) is 4.57 Å². The van der Waals surface area contributed by atoms with Gasteiger partial charge in [-0.1, -0.05) is 133 Å². The van der Waals surface area contributed by atoms with E-state index in [1.165, 1.54) is 32.8 Å². The molecule has 0 bridgehead atoms. The Hall–Kier alpha value is -7.69. The summed E-state index contributed by atoms with van der Waals surface area (Å²) in [6, 6.07) is 65.1. The molecule has 2 aromatic heterocycles. The molecule has 8 aromatic carbocycles. The Bertz CT molecular complexity index is 3460. The van der Waals surface area contributed by atoms with Crippen LogP contribution in [0.25, 0.3) is 83.4 Å². The average molecular weight is 758 g/mol. The first-order valence-electron chi connectivity index (χ1n) is 20.1. The summed E-state index contributed by atoms with van der Waals surface area (Å²) in [6.45, 7) is 2.03. The molecule has 4 nitrogen and oxygen atoms in total. The van der Waals surface area contributed by atoms with Gasteiger partial charge in [-0.25, -0.2) is 4.99 Å². The van der Waals surface area contributed by atoms with Crippen LogP contribution in [0.3, 0.4) is 0 Å². The van der Waals surface area contributed by atoms with Crippen molar-refractivity contribution >= 4 is 66.8 Å². The molecule has 59 heavy (non-hydrogen) atoms. The highest BCUT2D eigenvalue weighted by Crippen LogP contribution is 2.38. The largest absolute Gasteiger partial charge is 0.456 e. The Morgan fingerprint density at radius 2 is 1.20 bits per heavy atom. The zero-order chi connectivity index (χ0) is 39.5. The Labute approximate surface area is 342 Å². The maximum absolute atomic E-state index is 6.72. The third-order valence-corrected chi connectivity index (χ3v) is 11.7. The maximum Gasteiger partial charge on any atom is 0.145 e. The zero-order valence-corrected chi connectivity index (χ0v) is 32.8. The zero-order valence-electron chi connectivity index (χ0n) is 32.8. The molecular weight excluding hydrogens is 719 g/mol. The Morgan fingerprint density at radius 3 is 2.03 bits per heavy atom. The van der Waals surface area contributed by atoms with Crippen LogP contribution in [0, 0.1) is 0 Å². The summed E-state index contributed by atoms with van der Waals surface area (Å²) >= 11 is 0. The summed E-state index contributed by atoms with van der Waals surface area (Å²) < 4.78 is 9.08. The topological polar surface area (TPSA) is 33.7 Å². The number of anilines is 1. The molecule has 0 aliphatic carbocycles. The van der Waals surface area contributed by atoms with E-state index in [4.69, 9.17) is 9.41 Å². The van der Waals surface area contributed by atoms with Crippen molar-refractivity contribution in [2.24, 2.45) is 4.99 Å². The molecule has 4 heteroatoms. The lowest BCUT2D eigenvalue weighted by molar-refractivity contribution is 0.575. The van der Waals surface area contributed by atoms with Crippen molar-refractivity contribution in [1.29, 1.82) is 0 Å². The van der Waals surface area contributed by atoms with Gasteiger partial charge in [0, 0.05) is 40.0 Å². The molecule has 1 aliphatic heterocycles. The lowest BCUT2D eigenvalue weighted by Gasteiger charge is -2.29. The minimum Gasteiger partial charge on any atom is -0.456 e. The molecule has 1 aliphatic rings. The number of aliphatic imine (C=N–C) groups is 1. The van der Waals surface area contributed by atoms with Gasteiger partial charge in [0.15, 0.2) is 0 Å². The van der Waals surface area contributed by atoms with Crippen LogP contribution < -0.4 is 15.5 Å². The molecule has 0 saturated heterocycles. The lowest BCUT2D eigenvalue weighted by Crippen LogP contribution is -2.33. The van der Waals surface area contributed by atoms with Gasteiger partial charge in [0.25, 0.3) is 0 Å². The van der Waals surface area contributed by atoms with E-state index < -0.39 is 0 Å². The van der Waals surface area contributed by atoms with E-state index in [0.717, 1.165) is 77.7 Å². The van der Waals surface area contributed by atoms with Gasteiger partial charge in [-0.3, -0.25) is 0 Å². The van der Waals surface area contributed by atoms with Crippen LogP contribution in [0.15, 0.2) is 204 Å². The van der Waals surface area contributed by atoms with E-state index in [1.54, 1.807) is 0 Å². The molecule has 0 amide bonds. The van der Waals surface area contributed by atoms with Crippen LogP contribution in [0.2, 0.25) is 0 Å². The van der Waals surface area contributed by atoms with Gasteiger partial charge >= 0.3 is 0 Å². The lowest BCUT2D eigenvalue weighted by atomic mass is 9.90. The SMILES string of the molecule is C\C=C/C=c1/oc2ccc(-c3ccc4c(c3)c3ccccc3n4-c3ccccc3)cc2/c1=C1\N=C(c2cc(-c3ccccc3)cc3ccccc23)c2ccccc2N1C. The molecule has 0 spiro atoms. The Kier molecular flexibility index (Phi) is 8.23. The van der Waals surface area contributed by atoms with Crippen molar-refractivity contribution in [2.75, 3.05) is 11.9 Å². The normalized spacial score (nSPS) is 14.2. The molecule has 280 valence electrons. The summed E-state index contributed by atoms with van der Waals surface area (Å²) in [5.74, 6) is 0.834. The quantitative estimate of drug-likeness (QED) is 0.175. The second kappa shape index (κ2) is 14.0. The first kappa shape index (κ1) is 34.5. The van der Waals surface area contributed by atoms with E-state index in [2.05, 4.69) is 205 Å². The smallest absolute Gasteiger partial charge is 0.145 e.